The SMILES string of the molecule is N=C(SC(=N)C(F)F)c1cnn2c(N3CCC4(CC3)COC4)cc(SNC3(C(F)(F)F)CC3)cc12. The molecule has 3 N–H and O–H groups in total. The van der Waals surface area contributed by atoms with E-state index >= 15 is 0 Å². The molecule has 2 saturated heterocycles. The molecular formula is C21H23F5N6OS2. The summed E-state index contributed by atoms with van der Waals surface area (Å²) in [6.45, 7) is 2.88. The van der Waals surface area contributed by atoms with Gasteiger partial charge >= 0.3 is 6.18 Å². The number of alkyl halides is 5. The summed E-state index contributed by atoms with van der Waals surface area (Å²) in [5, 5.41) is 18.8. The molecule has 7 nitrogen and oxygen atoms in total. The molecule has 1 saturated carbocycles. The Hall–Kier alpha value is -1.90. The van der Waals surface area contributed by atoms with Gasteiger partial charge < -0.3 is 9.64 Å². The summed E-state index contributed by atoms with van der Waals surface area (Å²) in [7, 11) is 0. The first-order valence-electron chi connectivity index (χ1n) is 11.0. The first kappa shape index (κ1) is 24.8. The van der Waals surface area contributed by atoms with Crippen LogP contribution in [-0.4, -0.2) is 64.1 Å². The molecule has 5 rings (SSSR count). The van der Waals surface area contributed by atoms with E-state index < -0.39 is 23.2 Å². The summed E-state index contributed by atoms with van der Waals surface area (Å²) in [6, 6.07) is 3.36. The molecule has 2 aliphatic heterocycles. The van der Waals surface area contributed by atoms with Crippen LogP contribution in [0.25, 0.3) is 5.52 Å². The number of piperidine rings is 1. The van der Waals surface area contributed by atoms with Crippen LogP contribution in [0.4, 0.5) is 27.8 Å². The standard InChI is InChI=1S/C21H23F5N6OS2/c22-16(23)18(28)34-17(27)13-9-29-32-14(13)7-12(35-30-20(1-2-20)21(24,25)26)8-15(32)31-5-3-19(4-6-31)10-33-11-19/h7-9,16,27-28,30H,1-6,10-11H2. The molecule has 35 heavy (non-hydrogen) atoms. The third-order valence-corrected chi connectivity index (χ3v) is 8.64. The largest absolute Gasteiger partial charge is 0.407 e. The van der Waals surface area contributed by atoms with Crippen molar-refractivity contribution < 1.29 is 26.7 Å². The van der Waals surface area contributed by atoms with E-state index in [1.165, 1.54) is 6.20 Å². The van der Waals surface area contributed by atoms with Crippen LogP contribution in [0.5, 0.6) is 0 Å². The maximum atomic E-state index is 13.4. The van der Waals surface area contributed by atoms with E-state index in [1.807, 2.05) is 0 Å². The van der Waals surface area contributed by atoms with Crippen LogP contribution in [0.2, 0.25) is 0 Å². The van der Waals surface area contributed by atoms with Crippen LogP contribution >= 0.6 is 23.7 Å². The van der Waals surface area contributed by atoms with Gasteiger partial charge in [0.15, 0.2) is 0 Å². The van der Waals surface area contributed by atoms with Crippen molar-refractivity contribution in [1.82, 2.24) is 14.3 Å². The van der Waals surface area contributed by atoms with Crippen molar-refractivity contribution in [2.45, 2.75) is 48.7 Å². The Morgan fingerprint density at radius 3 is 2.34 bits per heavy atom. The lowest BCUT2D eigenvalue weighted by Gasteiger charge is -2.47. The minimum Gasteiger partial charge on any atom is -0.380 e. The highest BCUT2D eigenvalue weighted by Gasteiger charge is 2.63. The molecule has 0 radical (unpaired) electrons. The molecule has 1 spiro atoms. The van der Waals surface area contributed by atoms with Crippen molar-refractivity contribution in [2.75, 3.05) is 31.2 Å². The minimum atomic E-state index is -4.37. The third kappa shape index (κ3) is 4.65. The van der Waals surface area contributed by atoms with Crippen molar-refractivity contribution in [2.24, 2.45) is 5.41 Å². The fourth-order valence-corrected chi connectivity index (χ4v) is 5.87. The summed E-state index contributed by atoms with van der Waals surface area (Å²) in [5.74, 6) is 0.659. The van der Waals surface area contributed by atoms with E-state index in [4.69, 9.17) is 15.6 Å². The first-order chi connectivity index (χ1) is 16.5. The van der Waals surface area contributed by atoms with E-state index in [0.717, 1.165) is 38.0 Å². The molecule has 190 valence electrons. The quantitative estimate of drug-likeness (QED) is 0.211. The number of ether oxygens (including phenoxy) is 1. The lowest BCUT2D eigenvalue weighted by Crippen LogP contribution is -2.51. The number of thioether (sulfide) groups is 1. The topological polar surface area (TPSA) is 89.5 Å². The van der Waals surface area contributed by atoms with Crippen molar-refractivity contribution in [1.29, 1.82) is 10.8 Å². The highest BCUT2D eigenvalue weighted by molar-refractivity contribution is 8.26. The van der Waals surface area contributed by atoms with Crippen LogP contribution in [-0.2, 0) is 4.74 Å². The Morgan fingerprint density at radius 1 is 1.11 bits per heavy atom. The first-order valence-corrected chi connectivity index (χ1v) is 12.6. The molecule has 14 heteroatoms. The molecule has 0 bridgehead atoms. The van der Waals surface area contributed by atoms with Crippen LogP contribution < -0.4 is 9.62 Å². The zero-order valence-electron chi connectivity index (χ0n) is 18.4. The van der Waals surface area contributed by atoms with Crippen molar-refractivity contribution >= 4 is 45.1 Å². The molecule has 4 heterocycles. The second-order valence-corrected chi connectivity index (χ2v) is 11.2. The molecule has 3 fully saturated rings. The number of rotatable bonds is 6. The maximum Gasteiger partial charge on any atom is 0.407 e. The number of halogens is 5. The fraction of sp³-hybridized carbons (Fsp3) is 0.571. The summed E-state index contributed by atoms with van der Waals surface area (Å²) in [4.78, 5) is 2.60. The molecule has 3 aliphatic rings. The van der Waals surface area contributed by atoms with Crippen LogP contribution in [0.3, 0.4) is 0 Å². The van der Waals surface area contributed by atoms with E-state index in [-0.39, 0.29) is 28.9 Å². The number of hydrogen-bond acceptors (Lipinski definition) is 8. The van der Waals surface area contributed by atoms with E-state index in [2.05, 4.69) is 14.7 Å². The molecule has 0 unspecified atom stereocenters. The molecule has 2 aromatic rings. The van der Waals surface area contributed by atoms with Gasteiger partial charge in [0, 0.05) is 23.4 Å². The van der Waals surface area contributed by atoms with Gasteiger partial charge in [-0.15, -0.1) is 0 Å². The van der Waals surface area contributed by atoms with Crippen LogP contribution in [0.15, 0.2) is 23.2 Å². The van der Waals surface area contributed by atoms with Gasteiger partial charge in [-0.3, -0.25) is 10.8 Å². The van der Waals surface area contributed by atoms with E-state index in [9.17, 15) is 22.0 Å². The molecular weight excluding hydrogens is 511 g/mol. The number of fused-ring (bicyclic) bond motifs is 1. The average molecular weight is 535 g/mol. The maximum absolute atomic E-state index is 13.4. The Morgan fingerprint density at radius 2 is 1.80 bits per heavy atom. The average Bonchev–Trinajstić information content (AvgIpc) is 3.48. The number of anilines is 1. The number of pyridine rings is 1. The molecule has 2 aromatic heterocycles. The van der Waals surface area contributed by atoms with Gasteiger partial charge in [-0.25, -0.2) is 18.0 Å². The Kier molecular flexibility index (Phi) is 6.29. The zero-order chi connectivity index (χ0) is 25.0. The summed E-state index contributed by atoms with van der Waals surface area (Å²) >= 11 is 1.20. The second-order valence-electron chi connectivity index (χ2n) is 9.26. The van der Waals surface area contributed by atoms with Gasteiger partial charge in [-0.05, 0) is 61.5 Å². The third-order valence-electron chi connectivity index (χ3n) is 6.85. The van der Waals surface area contributed by atoms with Gasteiger partial charge in [-0.1, -0.05) is 0 Å². The van der Waals surface area contributed by atoms with Crippen molar-refractivity contribution in [3.63, 3.8) is 0 Å². The monoisotopic (exact) mass is 534 g/mol. The van der Waals surface area contributed by atoms with Gasteiger partial charge in [0.05, 0.1) is 30.5 Å². The predicted molar refractivity (Wildman–Crippen MR) is 125 cm³/mol. The number of nitrogens with zero attached hydrogens (tertiary/aromatic N) is 3. The van der Waals surface area contributed by atoms with Crippen molar-refractivity contribution in [3.8, 4) is 0 Å². The predicted octanol–water partition coefficient (Wildman–Crippen LogP) is 4.94. The minimum absolute atomic E-state index is 0.00381. The smallest absolute Gasteiger partial charge is 0.380 e. The lowest BCUT2D eigenvalue weighted by molar-refractivity contribution is -0.160. The summed E-state index contributed by atoms with van der Waals surface area (Å²) < 4.78 is 75.5. The van der Waals surface area contributed by atoms with Gasteiger partial charge in [-0.2, -0.15) is 18.3 Å². The summed E-state index contributed by atoms with van der Waals surface area (Å²) in [6.07, 6.45) is -4.17. The number of hydrogen-bond donors (Lipinski definition) is 3. The second kappa shape index (κ2) is 8.89. The Labute approximate surface area is 206 Å². The molecule has 1 aliphatic carbocycles. The van der Waals surface area contributed by atoms with E-state index in [1.54, 1.807) is 16.6 Å². The Bertz CT molecular complexity index is 1150. The number of nitrogens with one attached hydrogen (secondary N) is 3. The lowest BCUT2D eigenvalue weighted by atomic mass is 9.77. The molecule has 0 atom stereocenters. The van der Waals surface area contributed by atoms with Crippen LogP contribution in [0, 0.1) is 16.2 Å². The van der Waals surface area contributed by atoms with Crippen LogP contribution in [0.1, 0.15) is 31.2 Å². The van der Waals surface area contributed by atoms with Crippen molar-refractivity contribution in [3.05, 3.63) is 23.9 Å². The fourth-order valence-electron chi connectivity index (χ4n) is 4.33. The zero-order valence-corrected chi connectivity index (χ0v) is 20.1. The molecule has 0 amide bonds. The highest BCUT2D eigenvalue weighted by atomic mass is 32.2. The van der Waals surface area contributed by atoms with Gasteiger partial charge in [0.25, 0.3) is 6.43 Å². The van der Waals surface area contributed by atoms with E-state index in [0.29, 0.717) is 41.1 Å². The normalized spacial score (nSPS) is 20.9. The number of aromatic nitrogens is 2. The van der Waals surface area contributed by atoms with Gasteiger partial charge in [0.2, 0.25) is 0 Å². The Balaban J connectivity index is 1.46. The summed E-state index contributed by atoms with van der Waals surface area (Å²) in [5.41, 5.74) is -1.08. The highest BCUT2D eigenvalue weighted by Crippen LogP contribution is 2.50. The molecule has 0 aromatic carbocycles. The van der Waals surface area contributed by atoms with Gasteiger partial charge in [0.1, 0.15) is 21.4 Å².